The number of halogens is 3. The molecule has 1 heterocycles. The minimum Gasteiger partial charge on any atom is -0.411 e. The highest BCUT2D eigenvalue weighted by Gasteiger charge is 2.21. The molecule has 3 aromatic rings. The van der Waals surface area contributed by atoms with Crippen LogP contribution in [0.3, 0.4) is 0 Å². The molecule has 8 heteroatoms. The highest BCUT2D eigenvalue weighted by Crippen LogP contribution is 2.28. The van der Waals surface area contributed by atoms with Crippen LogP contribution in [0.1, 0.15) is 17.3 Å². The van der Waals surface area contributed by atoms with E-state index >= 15 is 0 Å². The lowest BCUT2D eigenvalue weighted by atomic mass is 10.1. The Morgan fingerprint density at radius 2 is 1.76 bits per heavy atom. The van der Waals surface area contributed by atoms with Gasteiger partial charge in [0.2, 0.25) is 5.89 Å². The van der Waals surface area contributed by atoms with Crippen molar-refractivity contribution >= 4 is 17.5 Å². The van der Waals surface area contributed by atoms with Crippen molar-refractivity contribution in [3.8, 4) is 11.5 Å². The fraction of sp³-hybridized carbons (Fsp3) is 0.118. The van der Waals surface area contributed by atoms with Crippen molar-refractivity contribution < 1.29 is 22.4 Å². The number of hydrogen-bond donors (Lipinski definition) is 0. The van der Waals surface area contributed by atoms with Gasteiger partial charge in [0.1, 0.15) is 5.82 Å². The van der Waals surface area contributed by atoms with Gasteiger partial charge >= 0.3 is 0 Å². The van der Waals surface area contributed by atoms with Crippen LogP contribution in [-0.4, -0.2) is 21.2 Å². The predicted octanol–water partition coefficient (Wildman–Crippen LogP) is 4.52. The Balaban J connectivity index is 1.72. The molecular formula is C17H11F3N2O2S. The van der Waals surface area contributed by atoms with Gasteiger partial charge in [0.25, 0.3) is 5.22 Å². The van der Waals surface area contributed by atoms with Crippen molar-refractivity contribution in [1.29, 1.82) is 0 Å². The summed E-state index contributed by atoms with van der Waals surface area (Å²) in [7, 11) is 0. The third kappa shape index (κ3) is 3.90. The second kappa shape index (κ2) is 7.10. The molecule has 2 aromatic carbocycles. The number of aromatic nitrogens is 2. The zero-order valence-corrected chi connectivity index (χ0v) is 13.7. The van der Waals surface area contributed by atoms with Crippen molar-refractivity contribution in [3.63, 3.8) is 0 Å². The molecule has 0 saturated heterocycles. The number of hydrogen-bond acceptors (Lipinski definition) is 5. The number of Topliss-reactive ketones (excluding diaryl/α,β-unsaturated/α-hetero) is 1. The summed E-state index contributed by atoms with van der Waals surface area (Å²) in [6, 6.07) is 8.49. The third-order valence-corrected chi connectivity index (χ3v) is 4.28. The molecule has 0 bridgehead atoms. The maximum atomic E-state index is 13.2. The number of rotatable bonds is 5. The van der Waals surface area contributed by atoms with Gasteiger partial charge in [-0.1, -0.05) is 11.8 Å². The van der Waals surface area contributed by atoms with Crippen LogP contribution in [0.4, 0.5) is 13.2 Å². The summed E-state index contributed by atoms with van der Waals surface area (Å²) < 4.78 is 44.6. The maximum Gasteiger partial charge on any atom is 0.277 e. The molecule has 128 valence electrons. The molecule has 1 aromatic heterocycles. The van der Waals surface area contributed by atoms with Gasteiger partial charge in [-0.2, -0.15) is 0 Å². The second-order valence-corrected chi connectivity index (χ2v) is 6.43. The van der Waals surface area contributed by atoms with Gasteiger partial charge in [-0.05, 0) is 49.4 Å². The molecule has 3 rings (SSSR count). The Kier molecular flexibility index (Phi) is 4.89. The Morgan fingerprint density at radius 1 is 1.04 bits per heavy atom. The van der Waals surface area contributed by atoms with Gasteiger partial charge < -0.3 is 4.42 Å². The molecule has 0 fully saturated rings. The average molecular weight is 364 g/mol. The van der Waals surface area contributed by atoms with Crippen LogP contribution in [0.25, 0.3) is 11.5 Å². The summed E-state index contributed by atoms with van der Waals surface area (Å²) in [6.07, 6.45) is 0. The standard InChI is InChI=1S/C17H11F3N2O2S/c1-9(15(23)11-4-7-13(19)14(20)8-11)25-17-22-21-16(24-17)10-2-5-12(18)6-3-10/h2-9H,1H3/t9-/m0/s1. The molecule has 0 aliphatic carbocycles. The van der Waals surface area contributed by atoms with Crippen LogP contribution < -0.4 is 0 Å². The van der Waals surface area contributed by atoms with E-state index in [1.165, 1.54) is 30.3 Å². The quantitative estimate of drug-likeness (QED) is 0.492. The molecule has 25 heavy (non-hydrogen) atoms. The van der Waals surface area contributed by atoms with E-state index < -0.39 is 22.7 Å². The van der Waals surface area contributed by atoms with Crippen molar-refractivity contribution in [3.05, 3.63) is 65.5 Å². The molecule has 1 atom stereocenters. The van der Waals surface area contributed by atoms with Gasteiger partial charge in [0.05, 0.1) is 5.25 Å². The first kappa shape index (κ1) is 17.2. The first-order valence-electron chi connectivity index (χ1n) is 7.19. The summed E-state index contributed by atoms with van der Waals surface area (Å²) in [5.74, 6) is -2.69. The van der Waals surface area contributed by atoms with Crippen molar-refractivity contribution in [2.24, 2.45) is 0 Å². The van der Waals surface area contributed by atoms with Crippen LogP contribution in [0.5, 0.6) is 0 Å². The van der Waals surface area contributed by atoms with Crippen LogP contribution in [0.15, 0.2) is 52.1 Å². The van der Waals surface area contributed by atoms with Gasteiger partial charge in [-0.25, -0.2) is 13.2 Å². The van der Waals surface area contributed by atoms with E-state index in [4.69, 9.17) is 4.42 Å². The van der Waals surface area contributed by atoms with E-state index in [9.17, 15) is 18.0 Å². The largest absolute Gasteiger partial charge is 0.411 e. The lowest BCUT2D eigenvalue weighted by Gasteiger charge is -2.07. The highest BCUT2D eigenvalue weighted by atomic mass is 32.2. The lowest BCUT2D eigenvalue weighted by molar-refractivity contribution is 0.0993. The van der Waals surface area contributed by atoms with Gasteiger partial charge in [0, 0.05) is 11.1 Å². The minimum atomic E-state index is -1.08. The normalized spacial score (nSPS) is 12.2. The number of ketones is 1. The van der Waals surface area contributed by atoms with Crippen molar-refractivity contribution in [2.45, 2.75) is 17.4 Å². The number of thioether (sulfide) groups is 1. The third-order valence-electron chi connectivity index (χ3n) is 3.35. The summed E-state index contributed by atoms with van der Waals surface area (Å²) in [5.41, 5.74) is 0.595. The van der Waals surface area contributed by atoms with Crippen LogP contribution in [-0.2, 0) is 0 Å². The fourth-order valence-corrected chi connectivity index (χ4v) is 2.82. The fourth-order valence-electron chi connectivity index (χ4n) is 2.06. The SMILES string of the molecule is C[C@H](Sc1nnc(-c2ccc(F)cc2)o1)C(=O)c1ccc(F)c(F)c1. The molecule has 0 amide bonds. The Morgan fingerprint density at radius 3 is 2.44 bits per heavy atom. The number of carbonyl (C=O) groups excluding carboxylic acids is 1. The Bertz CT molecular complexity index is 913. The van der Waals surface area contributed by atoms with Crippen LogP contribution >= 0.6 is 11.8 Å². The zero-order valence-electron chi connectivity index (χ0n) is 12.9. The van der Waals surface area contributed by atoms with Crippen molar-refractivity contribution in [1.82, 2.24) is 10.2 Å². The Labute approximate surface area is 145 Å². The first-order valence-corrected chi connectivity index (χ1v) is 8.07. The van der Waals surface area contributed by atoms with E-state index in [0.717, 1.165) is 23.9 Å². The van der Waals surface area contributed by atoms with E-state index in [1.54, 1.807) is 6.92 Å². The Hall–Kier alpha value is -2.61. The summed E-state index contributed by atoms with van der Waals surface area (Å²) in [4.78, 5) is 12.3. The summed E-state index contributed by atoms with van der Waals surface area (Å²) >= 11 is 0.995. The van der Waals surface area contributed by atoms with E-state index in [2.05, 4.69) is 10.2 Å². The summed E-state index contributed by atoms with van der Waals surface area (Å²) in [5, 5.41) is 7.17. The molecule has 4 nitrogen and oxygen atoms in total. The van der Waals surface area contributed by atoms with E-state index in [1.807, 2.05) is 0 Å². The van der Waals surface area contributed by atoms with E-state index in [-0.39, 0.29) is 22.5 Å². The summed E-state index contributed by atoms with van der Waals surface area (Å²) in [6.45, 7) is 1.59. The molecule has 0 spiro atoms. The zero-order chi connectivity index (χ0) is 18.0. The smallest absolute Gasteiger partial charge is 0.277 e. The molecule has 0 radical (unpaired) electrons. The number of nitrogens with zero attached hydrogens (tertiary/aromatic N) is 2. The van der Waals surface area contributed by atoms with Crippen LogP contribution in [0, 0.1) is 17.5 Å². The molecular weight excluding hydrogens is 353 g/mol. The number of benzene rings is 2. The predicted molar refractivity (Wildman–Crippen MR) is 85.7 cm³/mol. The molecule has 0 saturated carbocycles. The molecule has 0 unspecified atom stereocenters. The average Bonchev–Trinajstić information content (AvgIpc) is 3.05. The van der Waals surface area contributed by atoms with Gasteiger partial charge in [-0.15, -0.1) is 10.2 Å². The monoisotopic (exact) mass is 364 g/mol. The second-order valence-electron chi connectivity index (χ2n) is 5.13. The highest BCUT2D eigenvalue weighted by molar-refractivity contribution is 8.00. The maximum absolute atomic E-state index is 13.2. The molecule has 0 aliphatic rings. The van der Waals surface area contributed by atoms with Crippen molar-refractivity contribution in [2.75, 3.05) is 0 Å². The van der Waals surface area contributed by atoms with Gasteiger partial charge in [-0.3, -0.25) is 4.79 Å². The minimum absolute atomic E-state index is 0.0529. The molecule has 0 aliphatic heterocycles. The first-order chi connectivity index (χ1) is 11.9. The van der Waals surface area contributed by atoms with Crippen LogP contribution in [0.2, 0.25) is 0 Å². The number of carbonyl (C=O) groups is 1. The lowest BCUT2D eigenvalue weighted by Crippen LogP contribution is -2.14. The van der Waals surface area contributed by atoms with E-state index in [0.29, 0.717) is 5.56 Å². The topological polar surface area (TPSA) is 56.0 Å². The molecule has 0 N–H and O–H groups in total. The van der Waals surface area contributed by atoms with Gasteiger partial charge in [0.15, 0.2) is 17.4 Å².